The number of nitrogens with two attached hydrogens (primary N) is 1. The molecule has 0 radical (unpaired) electrons. The van der Waals surface area contributed by atoms with Crippen molar-refractivity contribution < 1.29 is 9.18 Å². The molecule has 1 unspecified atom stereocenters. The second-order valence-corrected chi connectivity index (χ2v) is 4.31. The number of nitrogens with one attached hydrogen (secondary N) is 2. The van der Waals surface area contributed by atoms with Crippen LogP contribution in [0.1, 0.15) is 28.9 Å². The van der Waals surface area contributed by atoms with E-state index in [4.69, 9.17) is 5.84 Å². The minimum atomic E-state index is -0.311. The van der Waals surface area contributed by atoms with Crippen molar-refractivity contribution in [1.29, 1.82) is 0 Å². The van der Waals surface area contributed by atoms with Gasteiger partial charge in [-0.3, -0.25) is 15.6 Å². The van der Waals surface area contributed by atoms with Crippen molar-refractivity contribution in [1.82, 2.24) is 10.3 Å². The second kappa shape index (κ2) is 6.12. The number of rotatable bonds is 4. The van der Waals surface area contributed by atoms with Gasteiger partial charge in [-0.05, 0) is 30.7 Å². The molecule has 1 heterocycles. The van der Waals surface area contributed by atoms with Crippen LogP contribution in [0.4, 0.5) is 10.1 Å². The number of hydrogen-bond donors (Lipinski definition) is 3. The third-order valence-electron chi connectivity index (χ3n) is 2.94. The van der Waals surface area contributed by atoms with Crippen LogP contribution in [0.3, 0.4) is 0 Å². The Hall–Kier alpha value is -2.47. The number of hydrogen-bond acceptors (Lipinski definition) is 4. The topological polar surface area (TPSA) is 80.0 Å². The van der Waals surface area contributed by atoms with Gasteiger partial charge in [-0.15, -0.1) is 0 Å². The molecule has 0 saturated heterocycles. The number of nitrogen functional groups attached to an aromatic ring is 1. The third kappa shape index (κ3) is 3.10. The number of hydrazine groups is 1. The number of amides is 1. The summed E-state index contributed by atoms with van der Waals surface area (Å²) in [7, 11) is 0. The van der Waals surface area contributed by atoms with Gasteiger partial charge in [0.2, 0.25) is 0 Å². The first-order valence-corrected chi connectivity index (χ1v) is 6.08. The SMILES string of the molecule is CC(NC(=O)c1cnccc1NN)c1ccc(F)cc1. The summed E-state index contributed by atoms with van der Waals surface area (Å²) in [6.07, 6.45) is 2.97. The first kappa shape index (κ1) is 14.0. The Morgan fingerprint density at radius 2 is 2.00 bits per heavy atom. The zero-order valence-corrected chi connectivity index (χ0v) is 10.9. The van der Waals surface area contributed by atoms with Gasteiger partial charge in [0, 0.05) is 12.4 Å². The van der Waals surface area contributed by atoms with E-state index in [1.807, 2.05) is 6.92 Å². The van der Waals surface area contributed by atoms with Crippen LogP contribution in [-0.4, -0.2) is 10.9 Å². The van der Waals surface area contributed by atoms with Crippen LogP contribution in [-0.2, 0) is 0 Å². The summed E-state index contributed by atoms with van der Waals surface area (Å²) in [5, 5.41) is 2.81. The van der Waals surface area contributed by atoms with Crippen molar-refractivity contribution in [3.05, 3.63) is 59.7 Å². The van der Waals surface area contributed by atoms with E-state index in [2.05, 4.69) is 15.7 Å². The molecular formula is C14H15FN4O. The average molecular weight is 274 g/mol. The number of pyridine rings is 1. The van der Waals surface area contributed by atoms with Gasteiger partial charge >= 0.3 is 0 Å². The predicted octanol–water partition coefficient (Wildman–Crippen LogP) is 2.00. The van der Waals surface area contributed by atoms with Crippen LogP contribution < -0.4 is 16.6 Å². The molecule has 0 saturated carbocycles. The highest BCUT2D eigenvalue weighted by molar-refractivity contribution is 5.99. The third-order valence-corrected chi connectivity index (χ3v) is 2.94. The number of carbonyl (C=O) groups is 1. The van der Waals surface area contributed by atoms with Crippen LogP contribution in [0.15, 0.2) is 42.7 Å². The summed E-state index contributed by atoms with van der Waals surface area (Å²) in [6.45, 7) is 1.82. The monoisotopic (exact) mass is 274 g/mol. The average Bonchev–Trinajstić information content (AvgIpc) is 2.47. The van der Waals surface area contributed by atoms with Gasteiger partial charge < -0.3 is 10.7 Å². The molecule has 104 valence electrons. The van der Waals surface area contributed by atoms with Crippen molar-refractivity contribution >= 4 is 11.6 Å². The molecule has 0 aliphatic heterocycles. The Morgan fingerprint density at radius 3 is 2.65 bits per heavy atom. The molecule has 4 N–H and O–H groups in total. The van der Waals surface area contributed by atoms with Crippen LogP contribution >= 0.6 is 0 Å². The summed E-state index contributed by atoms with van der Waals surface area (Å²) in [6, 6.07) is 7.33. The maximum Gasteiger partial charge on any atom is 0.255 e. The molecule has 0 aliphatic rings. The van der Waals surface area contributed by atoms with Crippen molar-refractivity contribution in [2.45, 2.75) is 13.0 Å². The zero-order valence-electron chi connectivity index (χ0n) is 10.9. The van der Waals surface area contributed by atoms with E-state index in [0.717, 1.165) is 5.56 Å². The molecule has 2 aromatic rings. The van der Waals surface area contributed by atoms with E-state index in [-0.39, 0.29) is 17.8 Å². The normalized spacial score (nSPS) is 11.8. The number of carbonyl (C=O) groups excluding carboxylic acids is 1. The van der Waals surface area contributed by atoms with Gasteiger partial charge in [0.1, 0.15) is 5.82 Å². The van der Waals surface area contributed by atoms with E-state index in [1.54, 1.807) is 18.2 Å². The summed E-state index contributed by atoms with van der Waals surface area (Å²) in [5.74, 6) is 4.73. The first-order chi connectivity index (χ1) is 9.61. The molecule has 0 spiro atoms. The van der Waals surface area contributed by atoms with Crippen LogP contribution in [0.2, 0.25) is 0 Å². The number of benzene rings is 1. The first-order valence-electron chi connectivity index (χ1n) is 6.08. The quantitative estimate of drug-likeness (QED) is 0.588. The summed E-state index contributed by atoms with van der Waals surface area (Å²) < 4.78 is 12.9. The van der Waals surface area contributed by atoms with E-state index in [9.17, 15) is 9.18 Å². The van der Waals surface area contributed by atoms with Gasteiger partial charge in [-0.25, -0.2) is 4.39 Å². The van der Waals surface area contributed by atoms with E-state index in [0.29, 0.717) is 11.3 Å². The van der Waals surface area contributed by atoms with Gasteiger partial charge in [0.25, 0.3) is 5.91 Å². The highest BCUT2D eigenvalue weighted by atomic mass is 19.1. The molecule has 5 nitrogen and oxygen atoms in total. The highest BCUT2D eigenvalue weighted by Crippen LogP contribution is 2.16. The van der Waals surface area contributed by atoms with Crippen LogP contribution in [0.5, 0.6) is 0 Å². The van der Waals surface area contributed by atoms with E-state index in [1.165, 1.54) is 24.5 Å². The molecule has 0 aliphatic carbocycles. The lowest BCUT2D eigenvalue weighted by Crippen LogP contribution is -2.28. The second-order valence-electron chi connectivity index (χ2n) is 4.31. The maximum absolute atomic E-state index is 12.9. The van der Waals surface area contributed by atoms with Gasteiger partial charge in [-0.2, -0.15) is 0 Å². The molecule has 6 heteroatoms. The Bertz CT molecular complexity index is 600. The largest absolute Gasteiger partial charge is 0.345 e. The van der Waals surface area contributed by atoms with Crippen molar-refractivity contribution in [3.63, 3.8) is 0 Å². The fraction of sp³-hybridized carbons (Fsp3) is 0.143. The molecule has 1 aromatic heterocycles. The Labute approximate surface area is 116 Å². The highest BCUT2D eigenvalue weighted by Gasteiger charge is 2.14. The van der Waals surface area contributed by atoms with Crippen molar-refractivity contribution in [2.75, 3.05) is 5.43 Å². The van der Waals surface area contributed by atoms with Gasteiger partial charge in [-0.1, -0.05) is 12.1 Å². The molecule has 0 bridgehead atoms. The van der Waals surface area contributed by atoms with E-state index >= 15 is 0 Å². The van der Waals surface area contributed by atoms with Gasteiger partial charge in [0.05, 0.1) is 17.3 Å². The molecule has 1 atom stereocenters. The number of aromatic nitrogens is 1. The minimum Gasteiger partial charge on any atom is -0.345 e. The lowest BCUT2D eigenvalue weighted by molar-refractivity contribution is 0.0940. The molecule has 2 rings (SSSR count). The Morgan fingerprint density at radius 1 is 1.30 bits per heavy atom. The standard InChI is InChI=1S/C14H15FN4O/c1-9(10-2-4-11(15)5-3-10)18-14(20)12-8-17-7-6-13(12)19-16/h2-9H,16H2,1H3,(H,17,19)(H,18,20). The van der Waals surface area contributed by atoms with Crippen molar-refractivity contribution in [2.24, 2.45) is 5.84 Å². The summed E-state index contributed by atoms with van der Waals surface area (Å²) in [5.41, 5.74) is 4.10. The molecule has 20 heavy (non-hydrogen) atoms. The smallest absolute Gasteiger partial charge is 0.255 e. The van der Waals surface area contributed by atoms with Crippen molar-refractivity contribution in [3.8, 4) is 0 Å². The predicted molar refractivity (Wildman–Crippen MR) is 74.3 cm³/mol. The molecule has 0 fully saturated rings. The number of anilines is 1. The van der Waals surface area contributed by atoms with Crippen LogP contribution in [0.25, 0.3) is 0 Å². The minimum absolute atomic E-state index is 0.256. The lowest BCUT2D eigenvalue weighted by atomic mass is 10.1. The van der Waals surface area contributed by atoms with E-state index < -0.39 is 0 Å². The molecular weight excluding hydrogens is 259 g/mol. The Balaban J connectivity index is 2.13. The maximum atomic E-state index is 12.9. The lowest BCUT2D eigenvalue weighted by Gasteiger charge is -2.15. The molecule has 1 amide bonds. The summed E-state index contributed by atoms with van der Waals surface area (Å²) in [4.78, 5) is 16.1. The summed E-state index contributed by atoms with van der Waals surface area (Å²) >= 11 is 0. The number of nitrogens with zero attached hydrogens (tertiary/aromatic N) is 1. The zero-order chi connectivity index (χ0) is 14.5. The fourth-order valence-corrected chi connectivity index (χ4v) is 1.81. The fourth-order valence-electron chi connectivity index (χ4n) is 1.81. The van der Waals surface area contributed by atoms with Gasteiger partial charge in [0.15, 0.2) is 0 Å². The Kier molecular flexibility index (Phi) is 4.27. The van der Waals surface area contributed by atoms with Crippen LogP contribution in [0, 0.1) is 5.82 Å². The molecule has 1 aromatic carbocycles. The number of halogens is 1.